The van der Waals surface area contributed by atoms with Crippen molar-refractivity contribution in [1.82, 2.24) is 9.62 Å². The van der Waals surface area contributed by atoms with E-state index in [-0.39, 0.29) is 0 Å². The minimum atomic E-state index is 0.715. The normalized spacial score (nSPS) is 22.5. The van der Waals surface area contributed by atoms with Crippen LogP contribution in [0.15, 0.2) is 24.3 Å². The number of piperidine rings is 1. The van der Waals surface area contributed by atoms with Gasteiger partial charge < -0.3 is 10.0 Å². The third-order valence-electron chi connectivity index (χ3n) is 3.33. The van der Waals surface area contributed by atoms with Gasteiger partial charge in [-0.15, -0.1) is 0 Å². The van der Waals surface area contributed by atoms with Crippen LogP contribution in [0.1, 0.15) is 18.4 Å². The van der Waals surface area contributed by atoms with E-state index >= 15 is 0 Å². The molecule has 1 aromatic carbocycles. The molecular weight excluding hydrogens is 218 g/mol. The Hall–Kier alpha value is -0.710. The Bertz CT molecular complexity index is 363. The lowest BCUT2D eigenvalue weighted by Crippen LogP contribution is -2.41. The Morgan fingerprint density at radius 2 is 2.00 bits per heavy atom. The molecule has 3 rings (SSSR count). The van der Waals surface area contributed by atoms with Crippen LogP contribution >= 0.6 is 12.1 Å². The lowest BCUT2D eigenvalue weighted by Gasteiger charge is -2.36. The predicted molar refractivity (Wildman–Crippen MR) is 69.1 cm³/mol. The van der Waals surface area contributed by atoms with Gasteiger partial charge in [0.2, 0.25) is 0 Å². The highest BCUT2D eigenvalue weighted by molar-refractivity contribution is 7.98. The van der Waals surface area contributed by atoms with Crippen LogP contribution in [0.5, 0.6) is 0 Å². The summed E-state index contributed by atoms with van der Waals surface area (Å²) in [6.07, 6.45) is 2.52. The maximum Gasteiger partial charge on any atom is 0.0497 e. The van der Waals surface area contributed by atoms with Crippen molar-refractivity contribution in [1.29, 1.82) is 0 Å². The summed E-state index contributed by atoms with van der Waals surface area (Å²) in [4.78, 5) is 0. The van der Waals surface area contributed by atoms with Gasteiger partial charge in [0, 0.05) is 30.4 Å². The quantitative estimate of drug-likeness (QED) is 0.730. The molecule has 2 aliphatic rings. The van der Waals surface area contributed by atoms with Crippen LogP contribution in [0.3, 0.4) is 0 Å². The topological polar surface area (TPSA) is 27.3 Å². The summed E-state index contributed by atoms with van der Waals surface area (Å²) in [5.74, 6) is 0. The first-order chi connectivity index (χ1) is 7.93. The van der Waals surface area contributed by atoms with Crippen molar-refractivity contribution in [2.75, 3.05) is 17.8 Å². The number of nitrogens with one attached hydrogen (secondary N) is 2. The first-order valence-corrected chi connectivity index (χ1v) is 6.69. The highest BCUT2D eigenvalue weighted by atomic mass is 32.2. The molecule has 0 atom stereocenters. The third-order valence-corrected chi connectivity index (χ3v) is 4.31. The zero-order valence-corrected chi connectivity index (χ0v) is 10.1. The first kappa shape index (κ1) is 10.4. The Labute approximate surface area is 101 Å². The molecule has 0 bridgehead atoms. The number of hydrogen-bond acceptors (Lipinski definition) is 4. The van der Waals surface area contributed by atoms with E-state index in [4.69, 9.17) is 0 Å². The fourth-order valence-corrected chi connectivity index (χ4v) is 3.34. The molecule has 0 aromatic heterocycles. The SMILES string of the molecule is c1ccc2c(c1)CN(C1CCNCC1)SN2. The van der Waals surface area contributed by atoms with Crippen LogP contribution in [0.2, 0.25) is 0 Å². The standard InChI is InChI=1S/C12H17N3S/c1-2-4-12-10(3-1)9-15(16-14-12)11-5-7-13-8-6-11/h1-4,11,13-14H,5-9H2. The van der Waals surface area contributed by atoms with Gasteiger partial charge in [-0.3, -0.25) is 0 Å². The Morgan fingerprint density at radius 3 is 2.88 bits per heavy atom. The molecule has 0 aliphatic carbocycles. The fraction of sp³-hybridized carbons (Fsp3) is 0.500. The number of rotatable bonds is 1. The lowest BCUT2D eigenvalue weighted by molar-refractivity contribution is 0.277. The summed E-state index contributed by atoms with van der Waals surface area (Å²) in [7, 11) is 0. The largest absolute Gasteiger partial charge is 0.317 e. The van der Waals surface area contributed by atoms with Crippen LogP contribution in [-0.4, -0.2) is 23.4 Å². The van der Waals surface area contributed by atoms with Gasteiger partial charge in [0.1, 0.15) is 0 Å². The second-order valence-electron chi connectivity index (χ2n) is 4.41. The molecule has 1 saturated heterocycles. The van der Waals surface area contributed by atoms with Gasteiger partial charge in [-0.2, -0.15) is 0 Å². The third kappa shape index (κ3) is 2.05. The molecule has 4 heteroatoms. The molecule has 0 radical (unpaired) electrons. The minimum absolute atomic E-state index is 0.715. The maximum atomic E-state index is 3.43. The number of para-hydroxylation sites is 1. The molecule has 2 aliphatic heterocycles. The van der Waals surface area contributed by atoms with E-state index in [9.17, 15) is 0 Å². The fourth-order valence-electron chi connectivity index (χ4n) is 2.36. The smallest absolute Gasteiger partial charge is 0.0497 e. The van der Waals surface area contributed by atoms with Gasteiger partial charge >= 0.3 is 0 Å². The van der Waals surface area contributed by atoms with Crippen molar-refractivity contribution in [3.8, 4) is 0 Å². The summed E-state index contributed by atoms with van der Waals surface area (Å²) in [6, 6.07) is 9.30. The predicted octanol–water partition coefficient (Wildman–Crippen LogP) is 2.23. The van der Waals surface area contributed by atoms with Crippen LogP contribution in [0, 0.1) is 0 Å². The number of hydrogen-bond donors (Lipinski definition) is 2. The molecule has 2 N–H and O–H groups in total. The van der Waals surface area contributed by atoms with Gasteiger partial charge in [-0.25, -0.2) is 4.31 Å². The van der Waals surface area contributed by atoms with Crippen molar-refractivity contribution in [3.05, 3.63) is 29.8 Å². The average molecular weight is 235 g/mol. The monoisotopic (exact) mass is 235 g/mol. The highest BCUT2D eigenvalue weighted by Gasteiger charge is 2.25. The number of nitrogens with zero attached hydrogens (tertiary/aromatic N) is 1. The Morgan fingerprint density at radius 1 is 1.19 bits per heavy atom. The molecular formula is C12H17N3S. The number of fused-ring (bicyclic) bond motifs is 1. The second-order valence-corrected chi connectivity index (χ2v) is 5.26. The first-order valence-electron chi connectivity index (χ1n) is 5.92. The molecule has 2 heterocycles. The van der Waals surface area contributed by atoms with Crippen molar-refractivity contribution in [3.63, 3.8) is 0 Å². The lowest BCUT2D eigenvalue weighted by atomic mass is 10.1. The Balaban J connectivity index is 1.72. The molecule has 16 heavy (non-hydrogen) atoms. The molecule has 0 amide bonds. The summed E-state index contributed by atoms with van der Waals surface area (Å²) >= 11 is 1.77. The van der Waals surface area contributed by atoms with E-state index in [1.807, 2.05) is 0 Å². The molecule has 1 aromatic rings. The van der Waals surface area contributed by atoms with Crippen LogP contribution in [0.4, 0.5) is 5.69 Å². The minimum Gasteiger partial charge on any atom is -0.317 e. The van der Waals surface area contributed by atoms with Gasteiger partial charge in [0.15, 0.2) is 0 Å². The maximum absolute atomic E-state index is 3.43. The molecule has 1 fully saturated rings. The van der Waals surface area contributed by atoms with Crippen LogP contribution < -0.4 is 10.0 Å². The van der Waals surface area contributed by atoms with E-state index in [0.717, 1.165) is 19.6 Å². The molecule has 3 nitrogen and oxygen atoms in total. The van der Waals surface area contributed by atoms with E-state index in [1.54, 1.807) is 12.1 Å². The van der Waals surface area contributed by atoms with Crippen LogP contribution in [0.25, 0.3) is 0 Å². The van der Waals surface area contributed by atoms with Crippen molar-refractivity contribution < 1.29 is 0 Å². The van der Waals surface area contributed by atoms with Gasteiger partial charge in [0.05, 0.1) is 0 Å². The summed E-state index contributed by atoms with van der Waals surface area (Å²) in [6.45, 7) is 3.38. The van der Waals surface area contributed by atoms with Gasteiger partial charge in [-0.1, -0.05) is 18.2 Å². The Kier molecular flexibility index (Phi) is 3.04. The van der Waals surface area contributed by atoms with E-state index < -0.39 is 0 Å². The highest BCUT2D eigenvalue weighted by Crippen LogP contribution is 2.32. The van der Waals surface area contributed by atoms with E-state index in [0.29, 0.717) is 6.04 Å². The molecule has 0 spiro atoms. The van der Waals surface area contributed by atoms with Crippen molar-refractivity contribution in [2.45, 2.75) is 25.4 Å². The number of anilines is 1. The van der Waals surface area contributed by atoms with Crippen molar-refractivity contribution in [2.24, 2.45) is 0 Å². The molecule has 86 valence electrons. The molecule has 0 unspecified atom stereocenters. The number of benzene rings is 1. The van der Waals surface area contributed by atoms with Crippen LogP contribution in [-0.2, 0) is 6.54 Å². The van der Waals surface area contributed by atoms with Gasteiger partial charge in [0.25, 0.3) is 0 Å². The summed E-state index contributed by atoms with van der Waals surface area (Å²) in [5.41, 5.74) is 2.69. The van der Waals surface area contributed by atoms with E-state index in [1.165, 1.54) is 24.1 Å². The average Bonchev–Trinajstić information content (AvgIpc) is 2.39. The summed E-state index contributed by atoms with van der Waals surface area (Å²) in [5, 5.41) is 3.42. The second kappa shape index (κ2) is 4.65. The zero-order chi connectivity index (χ0) is 10.8. The van der Waals surface area contributed by atoms with E-state index in [2.05, 4.69) is 38.6 Å². The summed E-state index contributed by atoms with van der Waals surface area (Å²) < 4.78 is 5.92. The molecule has 0 saturated carbocycles. The zero-order valence-electron chi connectivity index (χ0n) is 9.28. The van der Waals surface area contributed by atoms with Gasteiger partial charge in [-0.05, 0) is 37.6 Å². The van der Waals surface area contributed by atoms with Crippen molar-refractivity contribution >= 4 is 17.8 Å².